The van der Waals surface area contributed by atoms with Crippen LogP contribution in [-0.2, 0) is 4.79 Å². The van der Waals surface area contributed by atoms with Gasteiger partial charge < -0.3 is 15.7 Å². The molecule has 5 nitrogen and oxygen atoms in total. The number of rotatable bonds is 9. The van der Waals surface area contributed by atoms with Crippen molar-refractivity contribution in [1.29, 1.82) is 0 Å². The predicted octanol–water partition coefficient (Wildman–Crippen LogP) is 0.0305. The van der Waals surface area contributed by atoms with Crippen molar-refractivity contribution in [2.24, 2.45) is 5.73 Å². The lowest BCUT2D eigenvalue weighted by molar-refractivity contribution is -0.130. The number of nitrogens with two attached hydrogens (primary N) is 1. The number of amides is 1. The molecular formula is C13H27N3O2. The smallest absolute Gasteiger partial charge is 0.223 e. The standard InChI is InChI=1S/C13H27N3O2/c1-15(8-3-7-14)13(18)6-9-16(10-11-17)12-4-2-5-12/h12,17H,2-11,14H2,1H3. The van der Waals surface area contributed by atoms with Crippen LogP contribution in [0, 0.1) is 0 Å². The predicted molar refractivity (Wildman–Crippen MR) is 72.2 cm³/mol. The molecule has 0 aromatic rings. The van der Waals surface area contributed by atoms with E-state index in [0.29, 0.717) is 25.6 Å². The van der Waals surface area contributed by atoms with E-state index in [4.69, 9.17) is 10.8 Å². The number of carbonyl (C=O) groups is 1. The fourth-order valence-corrected chi connectivity index (χ4v) is 2.24. The van der Waals surface area contributed by atoms with E-state index in [-0.39, 0.29) is 12.5 Å². The molecule has 0 aromatic heterocycles. The number of hydrogen-bond donors (Lipinski definition) is 2. The van der Waals surface area contributed by atoms with Gasteiger partial charge in [0.15, 0.2) is 0 Å². The van der Waals surface area contributed by atoms with Crippen molar-refractivity contribution in [1.82, 2.24) is 9.80 Å². The molecule has 5 heteroatoms. The second-order valence-electron chi connectivity index (χ2n) is 5.05. The van der Waals surface area contributed by atoms with Crippen molar-refractivity contribution in [3.05, 3.63) is 0 Å². The summed E-state index contributed by atoms with van der Waals surface area (Å²) in [5.74, 6) is 0.172. The zero-order chi connectivity index (χ0) is 13.4. The minimum atomic E-state index is 0.172. The van der Waals surface area contributed by atoms with E-state index in [1.807, 2.05) is 7.05 Å². The van der Waals surface area contributed by atoms with Gasteiger partial charge in [0.25, 0.3) is 0 Å². The van der Waals surface area contributed by atoms with Gasteiger partial charge in [0.1, 0.15) is 0 Å². The average Bonchev–Trinajstić information content (AvgIpc) is 2.30. The van der Waals surface area contributed by atoms with E-state index in [1.165, 1.54) is 19.3 Å². The molecule has 0 atom stereocenters. The number of carbonyl (C=O) groups excluding carboxylic acids is 1. The minimum absolute atomic E-state index is 0.172. The van der Waals surface area contributed by atoms with Gasteiger partial charge >= 0.3 is 0 Å². The molecule has 0 heterocycles. The van der Waals surface area contributed by atoms with Crippen molar-refractivity contribution in [2.45, 2.75) is 38.1 Å². The van der Waals surface area contributed by atoms with E-state index in [2.05, 4.69) is 4.90 Å². The first-order chi connectivity index (χ1) is 8.69. The Labute approximate surface area is 110 Å². The highest BCUT2D eigenvalue weighted by Crippen LogP contribution is 2.24. The third kappa shape index (κ3) is 4.92. The first-order valence-electron chi connectivity index (χ1n) is 6.98. The normalized spacial score (nSPS) is 15.8. The number of aliphatic hydroxyl groups excluding tert-OH is 1. The van der Waals surface area contributed by atoms with Crippen LogP contribution in [0.3, 0.4) is 0 Å². The maximum atomic E-state index is 11.9. The van der Waals surface area contributed by atoms with E-state index >= 15 is 0 Å². The monoisotopic (exact) mass is 257 g/mol. The Hall–Kier alpha value is -0.650. The molecule has 1 saturated carbocycles. The molecule has 18 heavy (non-hydrogen) atoms. The summed E-state index contributed by atoms with van der Waals surface area (Å²) in [6.07, 6.45) is 5.08. The molecule has 0 radical (unpaired) electrons. The van der Waals surface area contributed by atoms with Crippen molar-refractivity contribution >= 4 is 5.91 Å². The first kappa shape index (κ1) is 15.4. The van der Waals surface area contributed by atoms with Gasteiger partial charge in [0.05, 0.1) is 6.61 Å². The molecule has 1 amide bonds. The summed E-state index contributed by atoms with van der Waals surface area (Å²) >= 11 is 0. The van der Waals surface area contributed by atoms with Crippen molar-refractivity contribution in [3.63, 3.8) is 0 Å². The lowest BCUT2D eigenvalue weighted by Crippen LogP contribution is -2.43. The highest BCUT2D eigenvalue weighted by atomic mass is 16.3. The summed E-state index contributed by atoms with van der Waals surface area (Å²) < 4.78 is 0. The van der Waals surface area contributed by atoms with Crippen molar-refractivity contribution in [3.8, 4) is 0 Å². The van der Waals surface area contributed by atoms with Gasteiger partial charge in [-0.2, -0.15) is 0 Å². The van der Waals surface area contributed by atoms with E-state index < -0.39 is 0 Å². The molecule has 106 valence electrons. The molecule has 0 saturated heterocycles. The molecule has 0 aliphatic heterocycles. The fourth-order valence-electron chi connectivity index (χ4n) is 2.24. The van der Waals surface area contributed by atoms with Crippen LogP contribution in [0.1, 0.15) is 32.1 Å². The van der Waals surface area contributed by atoms with Crippen LogP contribution in [0.2, 0.25) is 0 Å². The molecule has 3 N–H and O–H groups in total. The van der Waals surface area contributed by atoms with Crippen LogP contribution in [0.4, 0.5) is 0 Å². The largest absolute Gasteiger partial charge is 0.395 e. The second kappa shape index (κ2) is 8.45. The Morgan fingerprint density at radius 1 is 1.33 bits per heavy atom. The topological polar surface area (TPSA) is 69.8 Å². The first-order valence-corrected chi connectivity index (χ1v) is 6.98. The van der Waals surface area contributed by atoms with Crippen LogP contribution in [0.15, 0.2) is 0 Å². The minimum Gasteiger partial charge on any atom is -0.395 e. The summed E-state index contributed by atoms with van der Waals surface area (Å²) in [7, 11) is 1.83. The van der Waals surface area contributed by atoms with E-state index in [1.54, 1.807) is 4.90 Å². The van der Waals surface area contributed by atoms with Crippen molar-refractivity contribution < 1.29 is 9.90 Å². The van der Waals surface area contributed by atoms with Gasteiger partial charge in [0.2, 0.25) is 5.91 Å². The molecule has 0 bridgehead atoms. The molecule has 1 fully saturated rings. The summed E-state index contributed by atoms with van der Waals surface area (Å²) in [6.45, 7) is 2.98. The molecule has 1 aliphatic carbocycles. The van der Waals surface area contributed by atoms with E-state index in [9.17, 15) is 4.79 Å². The Bertz CT molecular complexity index is 244. The zero-order valence-electron chi connectivity index (χ0n) is 11.5. The highest BCUT2D eigenvalue weighted by Gasteiger charge is 2.24. The third-order valence-corrected chi connectivity index (χ3v) is 3.71. The third-order valence-electron chi connectivity index (χ3n) is 3.71. The highest BCUT2D eigenvalue weighted by molar-refractivity contribution is 5.76. The maximum Gasteiger partial charge on any atom is 0.223 e. The van der Waals surface area contributed by atoms with E-state index in [0.717, 1.165) is 19.5 Å². The van der Waals surface area contributed by atoms with Gasteiger partial charge in [0, 0.05) is 39.1 Å². The summed E-state index contributed by atoms with van der Waals surface area (Å²) in [5, 5.41) is 9.04. The fraction of sp³-hybridized carbons (Fsp3) is 0.923. The van der Waals surface area contributed by atoms with Gasteiger partial charge in [-0.05, 0) is 25.8 Å². The van der Waals surface area contributed by atoms with Gasteiger partial charge in [-0.15, -0.1) is 0 Å². The molecule has 1 aliphatic rings. The number of nitrogens with zero attached hydrogens (tertiary/aromatic N) is 2. The SMILES string of the molecule is CN(CCCN)C(=O)CCN(CCO)C1CCC1. The van der Waals surface area contributed by atoms with Crippen molar-refractivity contribution in [2.75, 3.05) is 39.8 Å². The maximum absolute atomic E-state index is 11.9. The quantitative estimate of drug-likeness (QED) is 0.611. The Kier molecular flexibility index (Phi) is 7.23. The average molecular weight is 257 g/mol. The Morgan fingerprint density at radius 3 is 2.56 bits per heavy atom. The summed E-state index contributed by atoms with van der Waals surface area (Å²) in [4.78, 5) is 15.9. The lowest BCUT2D eigenvalue weighted by Gasteiger charge is -2.37. The Balaban J connectivity index is 2.25. The van der Waals surface area contributed by atoms with Gasteiger partial charge in [-0.25, -0.2) is 0 Å². The molecule has 0 aromatic carbocycles. The van der Waals surface area contributed by atoms with Crippen LogP contribution >= 0.6 is 0 Å². The number of hydrogen-bond acceptors (Lipinski definition) is 4. The Morgan fingerprint density at radius 2 is 2.06 bits per heavy atom. The van der Waals surface area contributed by atoms with Crippen LogP contribution < -0.4 is 5.73 Å². The van der Waals surface area contributed by atoms with Crippen LogP contribution in [-0.4, -0.2) is 66.7 Å². The lowest BCUT2D eigenvalue weighted by atomic mass is 9.91. The second-order valence-corrected chi connectivity index (χ2v) is 5.05. The molecule has 0 unspecified atom stereocenters. The molecule has 0 spiro atoms. The number of aliphatic hydroxyl groups is 1. The molecule has 1 rings (SSSR count). The van der Waals surface area contributed by atoms with Crippen LogP contribution in [0.5, 0.6) is 0 Å². The van der Waals surface area contributed by atoms with Gasteiger partial charge in [-0.1, -0.05) is 6.42 Å². The summed E-state index contributed by atoms with van der Waals surface area (Å²) in [5.41, 5.74) is 5.43. The molecular weight excluding hydrogens is 230 g/mol. The zero-order valence-corrected chi connectivity index (χ0v) is 11.5. The summed E-state index contributed by atoms with van der Waals surface area (Å²) in [6, 6.07) is 0.583. The van der Waals surface area contributed by atoms with Gasteiger partial charge in [-0.3, -0.25) is 9.69 Å². The van der Waals surface area contributed by atoms with Crippen LogP contribution in [0.25, 0.3) is 0 Å².